The first-order chi connectivity index (χ1) is 13.5. The van der Waals surface area contributed by atoms with Crippen LogP contribution in [0.4, 0.5) is 8.78 Å². The van der Waals surface area contributed by atoms with Gasteiger partial charge >= 0.3 is 0 Å². The number of amides is 2. The Labute approximate surface area is 166 Å². The Balaban J connectivity index is 1.26. The van der Waals surface area contributed by atoms with Gasteiger partial charge in [-0.15, -0.1) is 11.8 Å². The Hall–Kier alpha value is -2.41. The Morgan fingerprint density at radius 1 is 1.14 bits per heavy atom. The molecule has 1 aliphatic heterocycles. The number of halogens is 2. The van der Waals surface area contributed by atoms with Gasteiger partial charge in [-0.2, -0.15) is 0 Å². The third kappa shape index (κ3) is 4.19. The molecule has 4 rings (SSSR count). The van der Waals surface area contributed by atoms with Crippen molar-refractivity contribution in [1.82, 2.24) is 10.2 Å². The number of nitrogens with zero attached hydrogens (tertiary/aromatic N) is 1. The molecule has 2 aromatic rings. The van der Waals surface area contributed by atoms with Crippen molar-refractivity contribution in [2.75, 3.05) is 12.3 Å². The highest BCUT2D eigenvalue weighted by Gasteiger charge is 2.47. The summed E-state index contributed by atoms with van der Waals surface area (Å²) in [6, 6.07) is 13.7. The zero-order valence-electron chi connectivity index (χ0n) is 15.1. The van der Waals surface area contributed by atoms with Crippen LogP contribution in [0, 0.1) is 11.6 Å². The van der Waals surface area contributed by atoms with E-state index in [9.17, 15) is 18.4 Å². The number of likely N-dealkylation sites (tertiary alicyclic amines) is 1. The van der Waals surface area contributed by atoms with Crippen LogP contribution in [0.2, 0.25) is 0 Å². The molecular weight excluding hydrogens is 382 g/mol. The van der Waals surface area contributed by atoms with Gasteiger partial charge in [0.25, 0.3) is 0 Å². The fourth-order valence-electron chi connectivity index (χ4n) is 3.72. The lowest BCUT2D eigenvalue weighted by molar-refractivity contribution is -0.128. The molecule has 1 aliphatic carbocycles. The molecule has 0 aromatic heterocycles. The summed E-state index contributed by atoms with van der Waals surface area (Å²) in [6.07, 6.45) is 1.27. The number of benzene rings is 2. The molecule has 2 amide bonds. The average Bonchev–Trinajstić information content (AvgIpc) is 3.40. The Kier molecular flexibility index (Phi) is 5.35. The minimum atomic E-state index is -0.931. The first-order valence-corrected chi connectivity index (χ1v) is 10.2. The van der Waals surface area contributed by atoms with Crippen LogP contribution < -0.4 is 5.32 Å². The summed E-state index contributed by atoms with van der Waals surface area (Å²) in [6.45, 7) is 0.522. The summed E-state index contributed by atoms with van der Waals surface area (Å²) in [4.78, 5) is 26.9. The molecule has 0 radical (unpaired) electrons. The molecule has 0 unspecified atom stereocenters. The predicted octanol–water partition coefficient (Wildman–Crippen LogP) is 3.33. The third-order valence-electron chi connectivity index (χ3n) is 5.17. The molecule has 1 saturated heterocycles. The van der Waals surface area contributed by atoms with Gasteiger partial charge in [-0.1, -0.05) is 30.3 Å². The summed E-state index contributed by atoms with van der Waals surface area (Å²) in [5.41, 5.74) is 1.25. The molecule has 3 atom stereocenters. The number of thioether (sulfide) groups is 1. The van der Waals surface area contributed by atoms with Gasteiger partial charge in [0.15, 0.2) is 11.6 Å². The van der Waals surface area contributed by atoms with Crippen LogP contribution >= 0.6 is 11.8 Å². The van der Waals surface area contributed by atoms with Crippen LogP contribution in [0.1, 0.15) is 24.3 Å². The number of carbonyl (C=O) groups is 2. The van der Waals surface area contributed by atoms with E-state index in [4.69, 9.17) is 0 Å². The highest BCUT2D eigenvalue weighted by Crippen LogP contribution is 2.45. The van der Waals surface area contributed by atoms with Crippen LogP contribution in [0.25, 0.3) is 0 Å². The topological polar surface area (TPSA) is 49.4 Å². The van der Waals surface area contributed by atoms with Crippen LogP contribution in [0.15, 0.2) is 53.4 Å². The molecule has 0 spiro atoms. The SMILES string of the molecule is O=C(CSc1ccc(F)c(F)c1)N[C@@H]1CC(=O)N([C@@H]2C[C@H]2c2ccccc2)C1. The first kappa shape index (κ1) is 18.9. The van der Waals surface area contributed by atoms with Gasteiger partial charge in [-0.25, -0.2) is 8.78 Å². The van der Waals surface area contributed by atoms with Gasteiger partial charge in [0, 0.05) is 29.8 Å². The van der Waals surface area contributed by atoms with Crippen LogP contribution in [-0.2, 0) is 9.59 Å². The van der Waals surface area contributed by atoms with Crippen molar-refractivity contribution in [2.24, 2.45) is 0 Å². The molecule has 2 aliphatic rings. The van der Waals surface area contributed by atoms with E-state index >= 15 is 0 Å². The van der Waals surface area contributed by atoms with Gasteiger partial charge in [0.05, 0.1) is 11.8 Å². The molecule has 2 fully saturated rings. The molecular formula is C21H20F2N2O2S. The van der Waals surface area contributed by atoms with E-state index in [0.717, 1.165) is 30.3 Å². The van der Waals surface area contributed by atoms with Crippen molar-refractivity contribution < 1.29 is 18.4 Å². The van der Waals surface area contributed by atoms with Gasteiger partial charge in [0.2, 0.25) is 11.8 Å². The lowest BCUT2D eigenvalue weighted by atomic mass is 10.1. The Morgan fingerprint density at radius 3 is 2.68 bits per heavy atom. The summed E-state index contributed by atoms with van der Waals surface area (Å²) >= 11 is 1.14. The van der Waals surface area contributed by atoms with Gasteiger partial charge < -0.3 is 10.2 Å². The molecule has 2 aromatic carbocycles. The van der Waals surface area contributed by atoms with E-state index < -0.39 is 11.6 Å². The number of hydrogen-bond acceptors (Lipinski definition) is 3. The highest BCUT2D eigenvalue weighted by molar-refractivity contribution is 8.00. The van der Waals surface area contributed by atoms with E-state index in [2.05, 4.69) is 17.4 Å². The standard InChI is InChI=1S/C21H20F2N2O2S/c22-17-7-6-15(9-18(17)23)28-12-20(26)24-14-8-21(27)25(11-14)19-10-16(19)13-4-2-1-3-5-13/h1-7,9,14,16,19H,8,10-12H2,(H,24,26)/t14-,16+,19-/m1/s1. The Bertz CT molecular complexity index is 893. The maximum atomic E-state index is 13.2. The second kappa shape index (κ2) is 7.91. The number of hydrogen-bond donors (Lipinski definition) is 1. The Morgan fingerprint density at radius 2 is 1.93 bits per heavy atom. The maximum absolute atomic E-state index is 13.2. The van der Waals surface area contributed by atoms with Crippen LogP contribution in [0.3, 0.4) is 0 Å². The lowest BCUT2D eigenvalue weighted by Gasteiger charge is -2.17. The minimum Gasteiger partial charge on any atom is -0.350 e. The van der Waals surface area contributed by atoms with Crippen molar-refractivity contribution in [1.29, 1.82) is 0 Å². The van der Waals surface area contributed by atoms with E-state index in [-0.39, 0.29) is 29.7 Å². The molecule has 7 heteroatoms. The number of rotatable bonds is 6. The minimum absolute atomic E-state index is 0.0713. The first-order valence-electron chi connectivity index (χ1n) is 9.23. The fourth-order valence-corrected chi connectivity index (χ4v) is 4.45. The van der Waals surface area contributed by atoms with E-state index in [0.29, 0.717) is 23.8 Å². The van der Waals surface area contributed by atoms with Crippen LogP contribution in [-0.4, -0.2) is 41.1 Å². The van der Waals surface area contributed by atoms with Gasteiger partial charge in [-0.05, 0) is 30.2 Å². The van der Waals surface area contributed by atoms with Gasteiger partial charge in [-0.3, -0.25) is 9.59 Å². The maximum Gasteiger partial charge on any atom is 0.230 e. The molecule has 146 valence electrons. The normalized spacial score (nSPS) is 23.7. The fraction of sp³-hybridized carbons (Fsp3) is 0.333. The smallest absolute Gasteiger partial charge is 0.230 e. The van der Waals surface area contributed by atoms with Crippen molar-refractivity contribution >= 4 is 23.6 Å². The molecule has 0 bridgehead atoms. The summed E-state index contributed by atoms with van der Waals surface area (Å²) < 4.78 is 26.2. The van der Waals surface area contributed by atoms with Crippen molar-refractivity contribution in [3.63, 3.8) is 0 Å². The largest absolute Gasteiger partial charge is 0.350 e. The molecule has 28 heavy (non-hydrogen) atoms. The zero-order valence-corrected chi connectivity index (χ0v) is 15.9. The molecule has 1 heterocycles. The van der Waals surface area contributed by atoms with Crippen LogP contribution in [0.5, 0.6) is 0 Å². The van der Waals surface area contributed by atoms with Crippen molar-refractivity contribution in [3.8, 4) is 0 Å². The average molecular weight is 402 g/mol. The van der Waals surface area contributed by atoms with E-state index in [1.165, 1.54) is 11.6 Å². The highest BCUT2D eigenvalue weighted by atomic mass is 32.2. The van der Waals surface area contributed by atoms with E-state index in [1.54, 1.807) is 0 Å². The third-order valence-corrected chi connectivity index (χ3v) is 6.16. The lowest BCUT2D eigenvalue weighted by Crippen LogP contribution is -2.38. The summed E-state index contributed by atoms with van der Waals surface area (Å²) in [7, 11) is 0. The quantitative estimate of drug-likeness (QED) is 0.754. The second-order valence-electron chi connectivity index (χ2n) is 7.20. The van der Waals surface area contributed by atoms with Gasteiger partial charge in [0.1, 0.15) is 0 Å². The zero-order chi connectivity index (χ0) is 19.7. The number of carbonyl (C=O) groups excluding carboxylic acids is 2. The molecule has 4 nitrogen and oxygen atoms in total. The van der Waals surface area contributed by atoms with Crippen molar-refractivity contribution in [2.45, 2.75) is 35.7 Å². The number of nitrogens with one attached hydrogen (secondary N) is 1. The predicted molar refractivity (Wildman–Crippen MR) is 103 cm³/mol. The summed E-state index contributed by atoms with van der Waals surface area (Å²) in [5, 5.41) is 2.88. The molecule has 1 saturated carbocycles. The molecule has 1 N–H and O–H groups in total. The summed E-state index contributed by atoms with van der Waals surface area (Å²) in [5.74, 6) is -1.52. The monoisotopic (exact) mass is 402 g/mol. The van der Waals surface area contributed by atoms with E-state index in [1.807, 2.05) is 23.1 Å². The second-order valence-corrected chi connectivity index (χ2v) is 8.25. The van der Waals surface area contributed by atoms with Crippen molar-refractivity contribution in [3.05, 3.63) is 65.7 Å².